The molecule has 0 bridgehead atoms. The van der Waals surface area contributed by atoms with Gasteiger partial charge in [-0.1, -0.05) is 18.2 Å². The van der Waals surface area contributed by atoms with Gasteiger partial charge in [0.2, 0.25) is 5.91 Å². The zero-order valence-electron chi connectivity index (χ0n) is 13.0. The Labute approximate surface area is 139 Å². The van der Waals surface area contributed by atoms with E-state index >= 15 is 0 Å². The van der Waals surface area contributed by atoms with E-state index in [1.54, 1.807) is 18.2 Å². The number of hydrogen-bond donors (Lipinski definition) is 2. The lowest BCUT2D eigenvalue weighted by atomic mass is 10.1. The number of rotatable bonds is 8. The second-order valence-corrected chi connectivity index (χ2v) is 5.31. The van der Waals surface area contributed by atoms with Crippen molar-refractivity contribution in [1.82, 2.24) is 5.32 Å². The van der Waals surface area contributed by atoms with Gasteiger partial charge in [0.05, 0.1) is 0 Å². The number of aliphatic hydroxyl groups is 1. The Bertz CT molecular complexity index is 662. The highest BCUT2D eigenvalue weighted by Crippen LogP contribution is 2.11. The summed E-state index contributed by atoms with van der Waals surface area (Å²) in [6.45, 7) is -0.00345. The first kappa shape index (κ1) is 17.9. The summed E-state index contributed by atoms with van der Waals surface area (Å²) in [5.41, 5.74) is 0.479. The molecule has 6 heteroatoms. The molecule has 0 aromatic heterocycles. The maximum atomic E-state index is 13.4. The number of carbonyl (C=O) groups excluding carboxylic acids is 1. The summed E-state index contributed by atoms with van der Waals surface area (Å²) in [4.78, 5) is 11.7. The molecule has 128 valence electrons. The third-order valence-corrected chi connectivity index (χ3v) is 3.37. The fraction of sp³-hybridized carbons (Fsp3) is 0.278. The molecule has 1 atom stereocenters. The summed E-state index contributed by atoms with van der Waals surface area (Å²) < 4.78 is 31.5. The minimum Gasteiger partial charge on any atom is -0.491 e. The van der Waals surface area contributed by atoms with Gasteiger partial charge in [-0.2, -0.15) is 0 Å². The average molecular weight is 335 g/mol. The highest BCUT2D eigenvalue weighted by molar-refractivity contribution is 5.76. The van der Waals surface area contributed by atoms with Crippen LogP contribution in [0.2, 0.25) is 0 Å². The van der Waals surface area contributed by atoms with Crippen LogP contribution in [0.25, 0.3) is 0 Å². The number of hydrogen-bond acceptors (Lipinski definition) is 3. The maximum absolute atomic E-state index is 13.4. The quantitative estimate of drug-likeness (QED) is 0.779. The molecule has 0 fully saturated rings. The normalized spacial score (nSPS) is 11.8. The van der Waals surface area contributed by atoms with Crippen molar-refractivity contribution in [2.45, 2.75) is 18.9 Å². The lowest BCUT2D eigenvalue weighted by Crippen LogP contribution is -2.35. The number of nitrogens with one attached hydrogen (secondary N) is 1. The van der Waals surface area contributed by atoms with Crippen molar-refractivity contribution in [2.24, 2.45) is 0 Å². The summed E-state index contributed by atoms with van der Waals surface area (Å²) in [6.07, 6.45) is -0.472. The van der Waals surface area contributed by atoms with Crippen molar-refractivity contribution in [3.05, 3.63) is 65.7 Å². The second-order valence-electron chi connectivity index (χ2n) is 5.31. The Kier molecular flexibility index (Phi) is 6.69. The number of carbonyl (C=O) groups is 1. The van der Waals surface area contributed by atoms with Crippen molar-refractivity contribution in [3.63, 3.8) is 0 Å². The van der Waals surface area contributed by atoms with Crippen LogP contribution in [0.3, 0.4) is 0 Å². The van der Waals surface area contributed by atoms with Crippen molar-refractivity contribution < 1.29 is 23.4 Å². The van der Waals surface area contributed by atoms with E-state index in [9.17, 15) is 18.7 Å². The van der Waals surface area contributed by atoms with Crippen molar-refractivity contribution in [1.29, 1.82) is 0 Å². The molecular formula is C18H19F2NO3. The summed E-state index contributed by atoms with van der Waals surface area (Å²) in [6, 6.07) is 11.7. The van der Waals surface area contributed by atoms with Gasteiger partial charge in [0, 0.05) is 13.0 Å². The van der Waals surface area contributed by atoms with E-state index in [2.05, 4.69) is 5.32 Å². The Morgan fingerprint density at radius 1 is 1.12 bits per heavy atom. The van der Waals surface area contributed by atoms with Gasteiger partial charge in [-0.15, -0.1) is 0 Å². The zero-order valence-corrected chi connectivity index (χ0v) is 13.0. The SMILES string of the molecule is O=C(CCc1ccccc1F)NCC(O)COc1ccc(F)cc1. The first-order valence-electron chi connectivity index (χ1n) is 7.61. The Balaban J connectivity index is 1.65. The zero-order chi connectivity index (χ0) is 17.4. The monoisotopic (exact) mass is 335 g/mol. The van der Waals surface area contributed by atoms with E-state index in [0.29, 0.717) is 17.7 Å². The molecule has 1 amide bonds. The fourth-order valence-electron chi connectivity index (χ4n) is 2.05. The highest BCUT2D eigenvalue weighted by Gasteiger charge is 2.09. The Morgan fingerprint density at radius 3 is 2.54 bits per heavy atom. The van der Waals surface area contributed by atoms with Gasteiger partial charge in [0.1, 0.15) is 30.1 Å². The molecule has 0 spiro atoms. The van der Waals surface area contributed by atoms with Crippen LogP contribution in [-0.4, -0.2) is 30.3 Å². The van der Waals surface area contributed by atoms with Crippen LogP contribution in [0.5, 0.6) is 5.75 Å². The summed E-state index contributed by atoms with van der Waals surface area (Å²) in [7, 11) is 0. The number of aryl methyl sites for hydroxylation is 1. The van der Waals surface area contributed by atoms with Crippen LogP contribution in [0.1, 0.15) is 12.0 Å². The second kappa shape index (κ2) is 8.98. The van der Waals surface area contributed by atoms with Gasteiger partial charge in [0.15, 0.2) is 0 Å². The number of halogens is 2. The van der Waals surface area contributed by atoms with Gasteiger partial charge >= 0.3 is 0 Å². The molecule has 0 radical (unpaired) electrons. The molecule has 2 aromatic rings. The van der Waals surface area contributed by atoms with E-state index in [-0.39, 0.29) is 37.1 Å². The maximum Gasteiger partial charge on any atom is 0.220 e. The van der Waals surface area contributed by atoms with E-state index in [4.69, 9.17) is 4.74 Å². The molecule has 0 aliphatic rings. The minimum absolute atomic E-state index is 0.0251. The van der Waals surface area contributed by atoms with E-state index < -0.39 is 6.10 Å². The summed E-state index contributed by atoms with van der Waals surface area (Å²) in [5, 5.41) is 12.3. The van der Waals surface area contributed by atoms with Gasteiger partial charge in [-0.05, 0) is 42.3 Å². The van der Waals surface area contributed by atoms with Crippen LogP contribution in [0.4, 0.5) is 8.78 Å². The molecule has 0 aliphatic carbocycles. The lowest BCUT2D eigenvalue weighted by molar-refractivity contribution is -0.121. The fourth-order valence-corrected chi connectivity index (χ4v) is 2.05. The standard InChI is InChI=1S/C18H19F2NO3/c19-14-6-8-16(9-7-14)24-12-15(22)11-21-18(23)10-5-13-3-1-2-4-17(13)20/h1-4,6-9,15,22H,5,10-12H2,(H,21,23). The van der Waals surface area contributed by atoms with Crippen molar-refractivity contribution >= 4 is 5.91 Å². The van der Waals surface area contributed by atoms with E-state index in [1.165, 1.54) is 30.3 Å². The van der Waals surface area contributed by atoms with Gasteiger partial charge in [-0.25, -0.2) is 8.78 Å². The first-order chi connectivity index (χ1) is 11.5. The smallest absolute Gasteiger partial charge is 0.220 e. The molecule has 0 saturated carbocycles. The third kappa shape index (κ3) is 5.96. The molecule has 2 rings (SSSR count). The van der Waals surface area contributed by atoms with Gasteiger partial charge in [0.25, 0.3) is 0 Å². The van der Waals surface area contributed by atoms with Crippen LogP contribution >= 0.6 is 0 Å². The molecule has 4 nitrogen and oxygen atoms in total. The van der Waals surface area contributed by atoms with Crippen LogP contribution in [0, 0.1) is 11.6 Å². The number of ether oxygens (including phenoxy) is 1. The molecule has 0 aliphatic heterocycles. The average Bonchev–Trinajstić information content (AvgIpc) is 2.58. The van der Waals surface area contributed by atoms with E-state index in [0.717, 1.165) is 0 Å². The first-order valence-corrected chi connectivity index (χ1v) is 7.61. The predicted molar refractivity (Wildman–Crippen MR) is 85.6 cm³/mol. The molecule has 2 aromatic carbocycles. The van der Waals surface area contributed by atoms with Gasteiger partial charge < -0.3 is 15.2 Å². The molecule has 2 N–H and O–H groups in total. The summed E-state index contributed by atoms with van der Waals surface area (Å²) >= 11 is 0. The summed E-state index contributed by atoms with van der Waals surface area (Å²) in [5.74, 6) is -0.552. The Hall–Kier alpha value is -2.47. The molecule has 24 heavy (non-hydrogen) atoms. The minimum atomic E-state index is -0.896. The third-order valence-electron chi connectivity index (χ3n) is 3.37. The van der Waals surface area contributed by atoms with Crippen molar-refractivity contribution in [3.8, 4) is 5.75 Å². The van der Waals surface area contributed by atoms with Gasteiger partial charge in [-0.3, -0.25) is 4.79 Å². The number of benzene rings is 2. The van der Waals surface area contributed by atoms with E-state index in [1.807, 2.05) is 0 Å². The topological polar surface area (TPSA) is 58.6 Å². The molecule has 0 heterocycles. The lowest BCUT2D eigenvalue weighted by Gasteiger charge is -2.13. The molecule has 1 unspecified atom stereocenters. The number of amides is 1. The Morgan fingerprint density at radius 2 is 1.83 bits per heavy atom. The largest absolute Gasteiger partial charge is 0.491 e. The van der Waals surface area contributed by atoms with Crippen molar-refractivity contribution in [2.75, 3.05) is 13.2 Å². The predicted octanol–water partition coefficient (Wildman–Crippen LogP) is 2.45. The van der Waals surface area contributed by atoms with Crippen LogP contribution in [-0.2, 0) is 11.2 Å². The highest BCUT2D eigenvalue weighted by atomic mass is 19.1. The van der Waals surface area contributed by atoms with Crippen LogP contribution < -0.4 is 10.1 Å². The molecule has 0 saturated heterocycles. The number of aliphatic hydroxyl groups excluding tert-OH is 1. The molecular weight excluding hydrogens is 316 g/mol. The van der Waals surface area contributed by atoms with Crippen LogP contribution in [0.15, 0.2) is 48.5 Å².